The Hall–Kier alpha value is -1.13. The van der Waals surface area contributed by atoms with Gasteiger partial charge in [0, 0.05) is 43.5 Å². The normalized spacial score (nSPS) is 21.3. The van der Waals surface area contributed by atoms with Crippen LogP contribution in [0.25, 0.3) is 0 Å². The van der Waals surface area contributed by atoms with Crippen molar-refractivity contribution in [3.05, 3.63) is 29.8 Å². The molecule has 0 amide bonds. The van der Waals surface area contributed by atoms with Gasteiger partial charge < -0.3 is 10.6 Å². The van der Waals surface area contributed by atoms with Crippen molar-refractivity contribution >= 4 is 22.9 Å². The highest BCUT2D eigenvalue weighted by atomic mass is 32.1. The van der Waals surface area contributed by atoms with Gasteiger partial charge in [-0.2, -0.15) is 0 Å². The van der Waals surface area contributed by atoms with E-state index in [0.29, 0.717) is 4.99 Å². The molecule has 1 heterocycles. The summed E-state index contributed by atoms with van der Waals surface area (Å²) in [5.74, 6) is 0. The minimum Gasteiger partial charge on any atom is -0.389 e. The van der Waals surface area contributed by atoms with Crippen molar-refractivity contribution in [1.82, 2.24) is 4.90 Å². The van der Waals surface area contributed by atoms with Gasteiger partial charge in [-0.3, -0.25) is 4.90 Å². The van der Waals surface area contributed by atoms with Crippen molar-refractivity contribution in [3.63, 3.8) is 0 Å². The molecule has 3 nitrogen and oxygen atoms in total. The number of thiocarbonyl (C=S) groups is 1. The molecular formula is C16H23N3S. The van der Waals surface area contributed by atoms with Crippen LogP contribution in [0.4, 0.5) is 5.69 Å². The summed E-state index contributed by atoms with van der Waals surface area (Å²) in [4.78, 5) is 5.63. The molecular weight excluding hydrogens is 266 g/mol. The van der Waals surface area contributed by atoms with Crippen molar-refractivity contribution < 1.29 is 0 Å². The number of nitrogens with zero attached hydrogens (tertiary/aromatic N) is 2. The molecule has 1 aliphatic carbocycles. The molecule has 1 aliphatic heterocycles. The van der Waals surface area contributed by atoms with E-state index in [4.69, 9.17) is 18.0 Å². The third-order valence-corrected chi connectivity index (χ3v) is 4.91. The van der Waals surface area contributed by atoms with Gasteiger partial charge in [0.25, 0.3) is 0 Å². The number of nitrogens with two attached hydrogens (primary N) is 1. The second kappa shape index (κ2) is 6.10. The van der Waals surface area contributed by atoms with Crippen LogP contribution >= 0.6 is 12.2 Å². The van der Waals surface area contributed by atoms with Crippen LogP contribution < -0.4 is 10.6 Å². The Morgan fingerprint density at radius 2 is 1.60 bits per heavy atom. The minimum atomic E-state index is 0.475. The monoisotopic (exact) mass is 289 g/mol. The smallest absolute Gasteiger partial charge is 0.103 e. The lowest BCUT2D eigenvalue weighted by atomic mass is 10.1. The van der Waals surface area contributed by atoms with Gasteiger partial charge in [0.15, 0.2) is 0 Å². The summed E-state index contributed by atoms with van der Waals surface area (Å²) in [6.07, 6.45) is 5.65. The van der Waals surface area contributed by atoms with Crippen molar-refractivity contribution in [1.29, 1.82) is 0 Å². The van der Waals surface area contributed by atoms with Gasteiger partial charge in [-0.1, -0.05) is 25.1 Å². The molecule has 20 heavy (non-hydrogen) atoms. The van der Waals surface area contributed by atoms with Gasteiger partial charge >= 0.3 is 0 Å². The molecule has 4 heteroatoms. The summed E-state index contributed by atoms with van der Waals surface area (Å²) in [5.41, 5.74) is 7.88. The third kappa shape index (κ3) is 2.96. The van der Waals surface area contributed by atoms with Gasteiger partial charge in [-0.05, 0) is 37.1 Å². The Labute approximate surface area is 126 Å². The van der Waals surface area contributed by atoms with E-state index in [0.717, 1.165) is 24.7 Å². The molecule has 3 rings (SSSR count). The Balaban J connectivity index is 1.58. The zero-order valence-electron chi connectivity index (χ0n) is 11.9. The maximum atomic E-state index is 5.64. The van der Waals surface area contributed by atoms with E-state index in [1.54, 1.807) is 0 Å². The number of rotatable bonds is 3. The second-order valence-electron chi connectivity index (χ2n) is 5.87. The van der Waals surface area contributed by atoms with Crippen LogP contribution in [-0.2, 0) is 0 Å². The van der Waals surface area contributed by atoms with E-state index in [1.807, 2.05) is 12.1 Å². The fourth-order valence-corrected chi connectivity index (χ4v) is 3.59. The first-order valence-corrected chi connectivity index (χ1v) is 8.04. The first-order chi connectivity index (χ1) is 9.74. The van der Waals surface area contributed by atoms with E-state index in [1.165, 1.54) is 44.5 Å². The maximum absolute atomic E-state index is 5.64. The van der Waals surface area contributed by atoms with Gasteiger partial charge in [0.05, 0.1) is 0 Å². The van der Waals surface area contributed by atoms with Gasteiger partial charge in [0.2, 0.25) is 0 Å². The van der Waals surface area contributed by atoms with E-state index >= 15 is 0 Å². The first-order valence-electron chi connectivity index (χ1n) is 7.63. The van der Waals surface area contributed by atoms with Crippen LogP contribution in [0, 0.1) is 0 Å². The third-order valence-electron chi connectivity index (χ3n) is 4.67. The van der Waals surface area contributed by atoms with E-state index in [-0.39, 0.29) is 0 Å². The molecule has 2 fully saturated rings. The van der Waals surface area contributed by atoms with Crippen LogP contribution in [-0.4, -0.2) is 42.1 Å². The number of anilines is 1. The summed E-state index contributed by atoms with van der Waals surface area (Å²) in [6.45, 7) is 4.65. The Kier molecular flexibility index (Phi) is 4.22. The predicted octanol–water partition coefficient (Wildman–Crippen LogP) is 2.39. The standard InChI is InChI=1S/C16H23N3S/c17-16(20)13-5-7-15(8-6-13)19-11-9-18(10-12-19)14-3-1-2-4-14/h5-8,14H,1-4,9-12H2,(H2,17,20). The largest absolute Gasteiger partial charge is 0.389 e. The Bertz CT molecular complexity index is 457. The summed E-state index contributed by atoms with van der Waals surface area (Å²) >= 11 is 5.00. The van der Waals surface area contributed by atoms with E-state index < -0.39 is 0 Å². The predicted molar refractivity (Wildman–Crippen MR) is 88.4 cm³/mol. The fraction of sp³-hybridized carbons (Fsp3) is 0.562. The van der Waals surface area contributed by atoms with Crippen LogP contribution in [0.3, 0.4) is 0 Å². The fourth-order valence-electron chi connectivity index (χ4n) is 3.45. The second-order valence-corrected chi connectivity index (χ2v) is 6.31. The van der Waals surface area contributed by atoms with E-state index in [2.05, 4.69) is 21.9 Å². The maximum Gasteiger partial charge on any atom is 0.103 e. The van der Waals surface area contributed by atoms with Crippen molar-refractivity contribution in [3.8, 4) is 0 Å². The summed E-state index contributed by atoms with van der Waals surface area (Å²) in [6, 6.07) is 9.19. The summed E-state index contributed by atoms with van der Waals surface area (Å²) in [5, 5.41) is 0. The molecule has 108 valence electrons. The molecule has 0 spiro atoms. The molecule has 0 unspecified atom stereocenters. The molecule has 1 aromatic carbocycles. The number of benzene rings is 1. The molecule has 1 saturated heterocycles. The quantitative estimate of drug-likeness (QED) is 0.866. The van der Waals surface area contributed by atoms with Crippen LogP contribution in [0.5, 0.6) is 0 Å². The minimum absolute atomic E-state index is 0.475. The summed E-state index contributed by atoms with van der Waals surface area (Å²) in [7, 11) is 0. The average molecular weight is 289 g/mol. The SMILES string of the molecule is NC(=S)c1ccc(N2CCN(C3CCCC3)CC2)cc1. The Morgan fingerprint density at radius 1 is 1.00 bits per heavy atom. The highest BCUT2D eigenvalue weighted by Crippen LogP contribution is 2.25. The average Bonchev–Trinajstić information content (AvgIpc) is 3.02. The number of piperazine rings is 1. The zero-order chi connectivity index (χ0) is 13.9. The lowest BCUT2D eigenvalue weighted by Crippen LogP contribution is -2.49. The van der Waals surface area contributed by atoms with E-state index in [9.17, 15) is 0 Å². The van der Waals surface area contributed by atoms with Gasteiger partial charge in [-0.15, -0.1) is 0 Å². The van der Waals surface area contributed by atoms with Crippen LogP contribution in [0.1, 0.15) is 31.2 Å². The van der Waals surface area contributed by atoms with Crippen molar-refractivity contribution in [2.24, 2.45) is 5.73 Å². The first kappa shape index (κ1) is 13.8. The number of hydrogen-bond acceptors (Lipinski definition) is 3. The van der Waals surface area contributed by atoms with Crippen LogP contribution in [0.15, 0.2) is 24.3 Å². The zero-order valence-corrected chi connectivity index (χ0v) is 12.7. The molecule has 0 aromatic heterocycles. The molecule has 0 radical (unpaired) electrons. The highest BCUT2D eigenvalue weighted by molar-refractivity contribution is 7.80. The number of hydrogen-bond donors (Lipinski definition) is 1. The van der Waals surface area contributed by atoms with Crippen molar-refractivity contribution in [2.45, 2.75) is 31.7 Å². The van der Waals surface area contributed by atoms with Gasteiger partial charge in [-0.25, -0.2) is 0 Å². The molecule has 0 atom stereocenters. The molecule has 1 saturated carbocycles. The Morgan fingerprint density at radius 3 is 2.15 bits per heavy atom. The highest BCUT2D eigenvalue weighted by Gasteiger charge is 2.26. The topological polar surface area (TPSA) is 32.5 Å². The summed E-state index contributed by atoms with van der Waals surface area (Å²) < 4.78 is 0. The molecule has 1 aromatic rings. The molecule has 0 bridgehead atoms. The molecule has 2 aliphatic rings. The van der Waals surface area contributed by atoms with Gasteiger partial charge in [0.1, 0.15) is 4.99 Å². The van der Waals surface area contributed by atoms with Crippen molar-refractivity contribution in [2.75, 3.05) is 31.1 Å². The lowest BCUT2D eigenvalue weighted by Gasteiger charge is -2.39. The molecule has 2 N–H and O–H groups in total. The van der Waals surface area contributed by atoms with Crippen LogP contribution in [0.2, 0.25) is 0 Å². The lowest BCUT2D eigenvalue weighted by molar-refractivity contribution is 0.187.